The first-order valence-electron chi connectivity index (χ1n) is 16.5. The van der Waals surface area contributed by atoms with Gasteiger partial charge in [0.1, 0.15) is 17.5 Å². The van der Waals surface area contributed by atoms with Crippen LogP contribution in [0.15, 0.2) is 92.9 Å². The maximum absolute atomic E-state index is 13.2. The molecule has 3 N–H and O–H groups in total. The number of amides is 1. The highest BCUT2D eigenvalue weighted by Gasteiger charge is 2.29. The van der Waals surface area contributed by atoms with Gasteiger partial charge in [0.2, 0.25) is 0 Å². The van der Waals surface area contributed by atoms with Gasteiger partial charge in [-0.25, -0.2) is 10.2 Å². The molecule has 5 unspecified atom stereocenters. The highest BCUT2D eigenvalue weighted by molar-refractivity contribution is 6.45. The summed E-state index contributed by atoms with van der Waals surface area (Å²) in [4.78, 5) is 35.9. The fraction of sp³-hybridized carbons (Fsp3) is 0.289. The second kappa shape index (κ2) is 19.7. The van der Waals surface area contributed by atoms with Crippen molar-refractivity contribution in [3.8, 4) is 0 Å². The van der Waals surface area contributed by atoms with Crippen LogP contribution in [-0.2, 0) is 14.3 Å². The van der Waals surface area contributed by atoms with Gasteiger partial charge in [-0.15, -0.1) is 11.6 Å². The third-order valence-electron chi connectivity index (χ3n) is 8.36. The first kappa shape index (κ1) is 42.2. The number of hydrogen-bond donors (Lipinski definition) is 3. The average molecular weight is 837 g/mol. The molecule has 3 aromatic carbocycles. The summed E-state index contributed by atoms with van der Waals surface area (Å²) in [5, 5.41) is 23.4. The molecule has 0 radical (unpaired) electrons. The van der Waals surface area contributed by atoms with Crippen LogP contribution >= 0.6 is 69.6 Å². The molecule has 0 heterocycles. The van der Waals surface area contributed by atoms with Gasteiger partial charge in [-0.1, -0.05) is 103 Å². The van der Waals surface area contributed by atoms with Crippen LogP contribution < -0.4 is 5.43 Å². The van der Waals surface area contributed by atoms with Crippen LogP contribution in [0.3, 0.4) is 0 Å². The second-order valence-corrected chi connectivity index (χ2v) is 14.8. The minimum absolute atomic E-state index is 0.199. The van der Waals surface area contributed by atoms with Crippen LogP contribution in [0.2, 0.25) is 20.1 Å². The number of ether oxygens (including phenoxy) is 1. The lowest BCUT2D eigenvalue weighted by Gasteiger charge is -2.24. The molecule has 0 saturated heterocycles. The number of hydrogen-bond acceptors (Lipinski definition) is 8. The smallest absolute Gasteiger partial charge is 0.353 e. The predicted molar refractivity (Wildman–Crippen MR) is 219 cm³/mol. The van der Waals surface area contributed by atoms with Crippen LogP contribution in [-0.4, -0.2) is 52.4 Å². The average Bonchev–Trinajstić information content (AvgIpc) is 3.13. The fourth-order valence-corrected chi connectivity index (χ4v) is 6.53. The highest BCUT2D eigenvalue weighted by Crippen LogP contribution is 2.33. The highest BCUT2D eigenvalue weighted by atomic mass is 35.5. The Morgan fingerprint density at radius 2 is 1.55 bits per heavy atom. The molecular formula is C38H36Cl6N6O3. The number of allylic oxidation sites excluding steroid dienone is 2. The number of carbonyl (C=O) groups is 2. The molecule has 9 nitrogen and oxygen atoms in total. The van der Waals surface area contributed by atoms with Gasteiger partial charge in [-0.05, 0) is 78.9 Å². The van der Waals surface area contributed by atoms with Gasteiger partial charge in [0.25, 0.3) is 5.91 Å². The number of esters is 1. The van der Waals surface area contributed by atoms with E-state index in [-0.39, 0.29) is 23.2 Å². The van der Waals surface area contributed by atoms with Gasteiger partial charge < -0.3 is 4.74 Å². The molecule has 0 saturated carbocycles. The molecule has 1 aliphatic rings. The Labute approximate surface area is 338 Å². The normalized spacial score (nSPS) is 17.8. The zero-order valence-corrected chi connectivity index (χ0v) is 33.4. The van der Waals surface area contributed by atoms with E-state index in [0.29, 0.717) is 60.6 Å². The summed E-state index contributed by atoms with van der Waals surface area (Å²) in [5.74, 6) is -3.21. The molecule has 1 aliphatic carbocycles. The molecule has 278 valence electrons. The summed E-state index contributed by atoms with van der Waals surface area (Å²) in [6.45, 7) is 5.11. The van der Waals surface area contributed by atoms with Crippen molar-refractivity contribution >= 4 is 116 Å². The Morgan fingerprint density at radius 1 is 0.925 bits per heavy atom. The quantitative estimate of drug-likeness (QED) is 0.0644. The molecule has 53 heavy (non-hydrogen) atoms. The number of benzene rings is 3. The standard InChI is InChI=1S/C38H36Cl6N6O3/c1-4-28(53-38(52)34(46)21(3)36(23-7-11-25(40)12-8-23)49-32-16-14-27(42)18-30(32)44)19-47-50-37(51)33(45)20(2)35(22-5-9-24(39)10-6-22)48-31-15-13-26(41)17-29(31)43/h5-12,14,16-21,26,28,35,45-46H,4,13,15H2,1-3H3,(H,50,51)/b45-33?,46-34?,47-19-,48-31?,49-36?. The molecule has 0 aliphatic heterocycles. The maximum Gasteiger partial charge on any atom is 0.353 e. The number of rotatable bonds is 14. The van der Waals surface area contributed by atoms with Crippen LogP contribution in [0, 0.1) is 22.7 Å². The van der Waals surface area contributed by atoms with Crippen molar-refractivity contribution < 1.29 is 14.3 Å². The lowest BCUT2D eigenvalue weighted by molar-refractivity contribution is -0.138. The number of aliphatic imine (C=N–C) groups is 2. The van der Waals surface area contributed by atoms with Gasteiger partial charge in [-0.3, -0.25) is 25.6 Å². The van der Waals surface area contributed by atoms with Crippen molar-refractivity contribution in [1.29, 1.82) is 10.8 Å². The van der Waals surface area contributed by atoms with E-state index in [4.69, 9.17) is 90.2 Å². The fourth-order valence-electron chi connectivity index (χ4n) is 5.23. The molecule has 0 bridgehead atoms. The van der Waals surface area contributed by atoms with Gasteiger partial charge in [0.05, 0.1) is 44.8 Å². The molecule has 15 heteroatoms. The van der Waals surface area contributed by atoms with E-state index in [2.05, 4.69) is 15.5 Å². The van der Waals surface area contributed by atoms with E-state index in [0.717, 1.165) is 5.56 Å². The SMILES string of the molecule is CCC(/C=N\NC(=O)C(=N)C(C)C(N=C1CCC(Cl)C=C1Cl)c1ccc(Cl)cc1)OC(=O)C(=N)C(C)C(=Nc1ccc(Cl)cc1Cl)c1ccc(Cl)cc1. The van der Waals surface area contributed by atoms with Crippen molar-refractivity contribution in [2.75, 3.05) is 0 Å². The molecule has 0 fully saturated rings. The zero-order valence-electron chi connectivity index (χ0n) is 28.8. The number of halogens is 6. The van der Waals surface area contributed by atoms with Crippen molar-refractivity contribution in [2.24, 2.45) is 26.9 Å². The second-order valence-electron chi connectivity index (χ2n) is 12.1. The number of nitrogens with zero attached hydrogens (tertiary/aromatic N) is 3. The van der Waals surface area contributed by atoms with Gasteiger partial charge >= 0.3 is 5.97 Å². The minimum atomic E-state index is -0.909. The molecule has 4 rings (SSSR count). The molecule has 1 amide bonds. The first-order valence-corrected chi connectivity index (χ1v) is 18.9. The monoisotopic (exact) mass is 834 g/mol. The Hall–Kier alpha value is -3.57. The summed E-state index contributed by atoms with van der Waals surface area (Å²) < 4.78 is 5.58. The Morgan fingerprint density at radius 3 is 2.15 bits per heavy atom. The van der Waals surface area contributed by atoms with Crippen LogP contribution in [0.25, 0.3) is 0 Å². The van der Waals surface area contributed by atoms with Gasteiger partial charge in [0.15, 0.2) is 0 Å². The summed E-state index contributed by atoms with van der Waals surface area (Å²) in [6.07, 6.45) is 3.55. The number of hydrazone groups is 1. The Bertz CT molecular complexity index is 1960. The summed E-state index contributed by atoms with van der Waals surface area (Å²) in [5.41, 5.74) is 4.46. The summed E-state index contributed by atoms with van der Waals surface area (Å²) in [7, 11) is 0. The van der Waals surface area contributed by atoms with E-state index in [1.807, 2.05) is 0 Å². The largest absolute Gasteiger partial charge is 0.452 e. The van der Waals surface area contributed by atoms with Crippen LogP contribution in [0.1, 0.15) is 57.2 Å². The Kier molecular flexibility index (Phi) is 15.6. The van der Waals surface area contributed by atoms with Crippen LogP contribution in [0.4, 0.5) is 5.69 Å². The first-order chi connectivity index (χ1) is 25.2. The molecule has 0 spiro atoms. The molecule has 0 aromatic heterocycles. The molecule has 5 atom stereocenters. The lowest BCUT2D eigenvalue weighted by Crippen LogP contribution is -2.35. The molecule has 3 aromatic rings. The lowest BCUT2D eigenvalue weighted by atomic mass is 9.90. The maximum atomic E-state index is 13.2. The van der Waals surface area contributed by atoms with Crippen molar-refractivity contribution in [3.63, 3.8) is 0 Å². The third-order valence-corrected chi connectivity index (χ3v) is 10.1. The van der Waals surface area contributed by atoms with Crippen molar-refractivity contribution in [1.82, 2.24) is 5.43 Å². The van der Waals surface area contributed by atoms with E-state index in [1.165, 1.54) is 6.21 Å². The molecular weight excluding hydrogens is 801 g/mol. The van der Waals surface area contributed by atoms with Gasteiger partial charge in [0, 0.05) is 26.9 Å². The minimum Gasteiger partial charge on any atom is -0.452 e. The van der Waals surface area contributed by atoms with E-state index in [9.17, 15) is 9.59 Å². The third kappa shape index (κ3) is 11.7. The summed E-state index contributed by atoms with van der Waals surface area (Å²) in [6, 6.07) is 18.0. The van der Waals surface area contributed by atoms with E-state index < -0.39 is 35.9 Å². The van der Waals surface area contributed by atoms with E-state index in [1.54, 1.807) is 93.6 Å². The van der Waals surface area contributed by atoms with E-state index >= 15 is 0 Å². The summed E-state index contributed by atoms with van der Waals surface area (Å²) >= 11 is 37.4. The van der Waals surface area contributed by atoms with Gasteiger partial charge in [-0.2, -0.15) is 5.10 Å². The topological polar surface area (TPSA) is 140 Å². The van der Waals surface area contributed by atoms with Crippen molar-refractivity contribution in [3.05, 3.63) is 109 Å². The number of nitrogens with one attached hydrogen (secondary N) is 3. The number of alkyl halides is 1. The number of carbonyl (C=O) groups excluding carboxylic acids is 2. The zero-order chi connectivity index (χ0) is 38.8. The Balaban J connectivity index is 1.46. The predicted octanol–water partition coefficient (Wildman–Crippen LogP) is 10.9. The van der Waals surface area contributed by atoms with Crippen molar-refractivity contribution in [2.45, 2.75) is 57.6 Å². The van der Waals surface area contributed by atoms with Crippen LogP contribution in [0.5, 0.6) is 0 Å².